The molecule has 0 fully saturated rings. The van der Waals surface area contributed by atoms with E-state index in [2.05, 4.69) is 0 Å². The van der Waals surface area contributed by atoms with Gasteiger partial charge in [-0.2, -0.15) is 0 Å². The molecule has 0 aliphatic carbocycles. The Labute approximate surface area is 107 Å². The summed E-state index contributed by atoms with van der Waals surface area (Å²) in [5.41, 5.74) is 0. The van der Waals surface area contributed by atoms with Crippen LogP contribution in [0.4, 0.5) is 0 Å². The van der Waals surface area contributed by atoms with E-state index in [-0.39, 0.29) is 26.2 Å². The Hall–Kier alpha value is 1.21. The van der Waals surface area contributed by atoms with Gasteiger partial charge in [-0.1, -0.05) is 0 Å². The van der Waals surface area contributed by atoms with E-state index in [0.717, 1.165) is 0 Å². The fourth-order valence-corrected chi connectivity index (χ4v) is 0. The topological polar surface area (TPSA) is 242 Å². The van der Waals surface area contributed by atoms with Crippen LogP contribution in [0.5, 0.6) is 0 Å². The molecular formula is H6BiO12P3. The van der Waals surface area contributed by atoms with Gasteiger partial charge < -0.3 is 44.0 Å². The van der Waals surface area contributed by atoms with Gasteiger partial charge in [0.05, 0.1) is 0 Å². The summed E-state index contributed by atoms with van der Waals surface area (Å²) in [7, 11) is -14.7. The molecule has 16 heavy (non-hydrogen) atoms. The third-order valence-corrected chi connectivity index (χ3v) is 0. The fraction of sp³-hybridized carbons (Fsp3) is 0. The predicted molar refractivity (Wildman–Crippen MR) is 41.9 cm³/mol. The van der Waals surface area contributed by atoms with Gasteiger partial charge in [-0.25, -0.2) is 0 Å². The van der Waals surface area contributed by atoms with E-state index in [1.165, 1.54) is 0 Å². The minimum absolute atomic E-state index is 0. The summed E-state index contributed by atoms with van der Waals surface area (Å²) >= 11 is 0. The summed E-state index contributed by atoms with van der Waals surface area (Å²) in [6, 6.07) is 0. The van der Waals surface area contributed by atoms with Gasteiger partial charge >= 0.3 is 26.2 Å². The monoisotopic (exact) mass is 500 g/mol. The van der Waals surface area contributed by atoms with Gasteiger partial charge in [0.1, 0.15) is 0 Å². The van der Waals surface area contributed by atoms with Crippen molar-refractivity contribution < 1.29 is 57.7 Å². The molecule has 0 heterocycles. The smallest absolute Gasteiger partial charge is 0.756 e. The molecule has 0 rings (SSSR count). The van der Waals surface area contributed by atoms with E-state index in [0.29, 0.717) is 0 Å². The maximum atomic E-state index is 8.77. The molecule has 0 atom stereocenters. The second kappa shape index (κ2) is 10.2. The van der Waals surface area contributed by atoms with Crippen molar-refractivity contribution in [2.24, 2.45) is 0 Å². The zero-order valence-electron chi connectivity index (χ0n) is 6.92. The van der Waals surface area contributed by atoms with Crippen LogP contribution < -0.4 is 14.7 Å². The molecule has 0 spiro atoms. The molecule has 12 nitrogen and oxygen atoms in total. The normalized spacial score (nSPS) is 11.1. The van der Waals surface area contributed by atoms with Crippen molar-refractivity contribution >= 4 is 49.7 Å². The van der Waals surface area contributed by atoms with Crippen LogP contribution in [0.1, 0.15) is 0 Å². The Balaban J connectivity index is -0.0000000655. The second-order valence-electron chi connectivity index (χ2n) is 1.47. The van der Waals surface area contributed by atoms with E-state index in [1.54, 1.807) is 0 Å². The number of phosphoric acid groups is 3. The zero-order chi connectivity index (χ0) is 13.5. The number of hydrogen-bond donors (Lipinski definition) is 6. The molecule has 0 aliphatic rings. The van der Waals surface area contributed by atoms with Crippen LogP contribution in [0, 0.1) is 0 Å². The van der Waals surface area contributed by atoms with Crippen LogP contribution in [0.25, 0.3) is 0 Å². The molecule has 0 unspecified atom stereocenters. The van der Waals surface area contributed by atoms with Gasteiger partial charge in [0, 0.05) is 0 Å². The maximum absolute atomic E-state index is 8.77. The quantitative estimate of drug-likeness (QED) is 0.135. The van der Waals surface area contributed by atoms with Gasteiger partial charge in [0.2, 0.25) is 0 Å². The van der Waals surface area contributed by atoms with Crippen LogP contribution in [-0.4, -0.2) is 55.6 Å². The van der Waals surface area contributed by atoms with Crippen LogP contribution in [0.3, 0.4) is 0 Å². The van der Waals surface area contributed by atoms with Crippen molar-refractivity contribution in [3.05, 3.63) is 0 Å². The van der Waals surface area contributed by atoms with Gasteiger partial charge in [-0.3, -0.25) is 13.7 Å². The van der Waals surface area contributed by atoms with Crippen LogP contribution in [0.15, 0.2) is 0 Å². The Bertz CT molecular complexity index is 202. The maximum Gasteiger partial charge on any atom is 3.00 e. The summed E-state index contributed by atoms with van der Waals surface area (Å²) in [5, 5.41) is 0. The Kier molecular flexibility index (Phi) is 16.5. The van der Waals surface area contributed by atoms with Crippen molar-refractivity contribution in [1.29, 1.82) is 0 Å². The summed E-state index contributed by atoms with van der Waals surface area (Å²) < 4.78 is 26.3. The Morgan fingerprint density at radius 3 is 0.562 bits per heavy atom. The third kappa shape index (κ3) is 2090. The molecule has 0 saturated carbocycles. The molecule has 6 N–H and O–H groups in total. The first-order chi connectivity index (χ1) is 6.00. The van der Waals surface area contributed by atoms with E-state index < -0.39 is 23.5 Å². The van der Waals surface area contributed by atoms with Gasteiger partial charge in [0.25, 0.3) is 23.5 Å². The minimum Gasteiger partial charge on any atom is -0.756 e. The van der Waals surface area contributed by atoms with Gasteiger partial charge in [-0.15, -0.1) is 0 Å². The van der Waals surface area contributed by atoms with E-state index in [1.807, 2.05) is 0 Å². The molecular weight excluding hydrogens is 494 g/mol. The Morgan fingerprint density at radius 1 is 0.562 bits per heavy atom. The predicted octanol–water partition coefficient (Wildman–Crippen LogP) is -5.06. The first kappa shape index (κ1) is 25.9. The number of hydrogen-bond acceptors (Lipinski definition) is 6. The number of rotatable bonds is 0. The molecule has 2 radical (unpaired) electrons. The molecule has 0 amide bonds. The van der Waals surface area contributed by atoms with Crippen molar-refractivity contribution in [2.45, 2.75) is 0 Å². The summed E-state index contributed by atoms with van der Waals surface area (Å²) in [6.07, 6.45) is 0. The van der Waals surface area contributed by atoms with Gasteiger partial charge in [-0.05, 0) is 0 Å². The van der Waals surface area contributed by atoms with E-state index in [4.69, 9.17) is 57.7 Å². The Morgan fingerprint density at radius 2 is 0.562 bits per heavy atom. The van der Waals surface area contributed by atoms with E-state index >= 15 is 0 Å². The summed E-state index contributed by atoms with van der Waals surface area (Å²) in [6.45, 7) is 0. The summed E-state index contributed by atoms with van der Waals surface area (Å²) in [4.78, 5) is 68.8. The third-order valence-electron chi connectivity index (χ3n) is 0. The first-order valence-corrected chi connectivity index (χ1v) is 6.89. The van der Waals surface area contributed by atoms with Crippen LogP contribution in [0.2, 0.25) is 0 Å². The largest absolute Gasteiger partial charge is 3.00 e. The van der Waals surface area contributed by atoms with Crippen LogP contribution >= 0.6 is 23.5 Å². The fourth-order valence-electron chi connectivity index (χ4n) is 0. The van der Waals surface area contributed by atoms with Crippen molar-refractivity contribution in [3.63, 3.8) is 0 Å². The molecule has 0 bridgehead atoms. The average molecular weight is 500 g/mol. The van der Waals surface area contributed by atoms with Crippen molar-refractivity contribution in [3.8, 4) is 0 Å². The molecule has 0 aromatic carbocycles. The standard InChI is InChI=1S/Bi.3H3O4P/c;3*1-5(2,3)4/h;3*(H3,1,2,3,4)/q+3;;;/p-3. The molecule has 0 aliphatic heterocycles. The summed E-state index contributed by atoms with van der Waals surface area (Å²) in [5.74, 6) is 0. The zero-order valence-corrected chi connectivity index (χ0v) is 13.1. The first-order valence-electron chi connectivity index (χ1n) is 2.30. The van der Waals surface area contributed by atoms with Gasteiger partial charge in [0.15, 0.2) is 0 Å². The molecule has 0 aromatic rings. The van der Waals surface area contributed by atoms with E-state index in [9.17, 15) is 0 Å². The average Bonchev–Trinajstić information content (AvgIpc) is 1.41. The molecule has 0 aromatic heterocycles. The minimum atomic E-state index is -4.89. The SMILES string of the molecule is O=P([O-])(O)O.O=P([O-])(O)O.O=P([O-])(O)O.[Bi+3]. The molecule has 0 saturated heterocycles. The van der Waals surface area contributed by atoms with Crippen molar-refractivity contribution in [1.82, 2.24) is 0 Å². The molecule has 98 valence electrons. The van der Waals surface area contributed by atoms with Crippen molar-refractivity contribution in [2.75, 3.05) is 0 Å². The second-order valence-corrected chi connectivity index (χ2v) is 4.42. The molecule has 16 heteroatoms. The van der Waals surface area contributed by atoms with Crippen LogP contribution in [-0.2, 0) is 13.7 Å².